The highest BCUT2D eigenvalue weighted by Crippen LogP contribution is 2.12. The van der Waals surface area contributed by atoms with E-state index in [2.05, 4.69) is 4.98 Å². The van der Waals surface area contributed by atoms with Gasteiger partial charge in [0.1, 0.15) is 10.8 Å². The Morgan fingerprint density at radius 2 is 1.81 bits per heavy atom. The Bertz CT molecular complexity index is 369. The van der Waals surface area contributed by atoms with E-state index < -0.39 is 0 Å². The molecule has 0 aliphatic heterocycles. The molecule has 0 N–H and O–H groups in total. The van der Waals surface area contributed by atoms with Crippen LogP contribution in [-0.2, 0) is 0 Å². The van der Waals surface area contributed by atoms with Gasteiger partial charge in [0.25, 0.3) is 5.91 Å². The van der Waals surface area contributed by atoms with E-state index in [1.165, 1.54) is 0 Å². The van der Waals surface area contributed by atoms with Crippen molar-refractivity contribution in [3.63, 3.8) is 0 Å². The van der Waals surface area contributed by atoms with Crippen LogP contribution in [-0.4, -0.2) is 27.9 Å². The SMILES string of the molecule is CC(C)N(C(=O)c1cccc(Cl)n1)C(C)C. The maximum atomic E-state index is 12.2. The molecule has 3 nitrogen and oxygen atoms in total. The summed E-state index contributed by atoms with van der Waals surface area (Å²) in [7, 11) is 0. The molecule has 0 aliphatic carbocycles. The van der Waals surface area contributed by atoms with Crippen molar-refractivity contribution in [3.05, 3.63) is 29.0 Å². The summed E-state index contributed by atoms with van der Waals surface area (Å²) in [6.07, 6.45) is 0. The van der Waals surface area contributed by atoms with Crippen LogP contribution in [0.5, 0.6) is 0 Å². The minimum absolute atomic E-state index is 0.0764. The Hall–Kier alpha value is -1.09. The number of hydrogen-bond donors (Lipinski definition) is 0. The summed E-state index contributed by atoms with van der Waals surface area (Å²) in [5.74, 6) is -0.0764. The summed E-state index contributed by atoms with van der Waals surface area (Å²) < 4.78 is 0. The summed E-state index contributed by atoms with van der Waals surface area (Å²) in [5, 5.41) is 0.346. The van der Waals surface area contributed by atoms with Crippen LogP contribution < -0.4 is 0 Å². The van der Waals surface area contributed by atoms with Crippen molar-refractivity contribution in [2.45, 2.75) is 39.8 Å². The Morgan fingerprint density at radius 3 is 2.25 bits per heavy atom. The van der Waals surface area contributed by atoms with E-state index in [0.717, 1.165) is 0 Å². The highest BCUT2D eigenvalue weighted by atomic mass is 35.5. The minimum Gasteiger partial charge on any atom is -0.332 e. The van der Waals surface area contributed by atoms with Crippen molar-refractivity contribution in [1.82, 2.24) is 9.88 Å². The van der Waals surface area contributed by atoms with Crippen molar-refractivity contribution in [3.8, 4) is 0 Å². The van der Waals surface area contributed by atoms with E-state index in [-0.39, 0.29) is 18.0 Å². The molecule has 1 rings (SSSR count). The van der Waals surface area contributed by atoms with Crippen LogP contribution in [0.1, 0.15) is 38.2 Å². The van der Waals surface area contributed by atoms with Crippen molar-refractivity contribution in [1.29, 1.82) is 0 Å². The minimum atomic E-state index is -0.0764. The number of aromatic nitrogens is 1. The van der Waals surface area contributed by atoms with Crippen molar-refractivity contribution in [2.24, 2.45) is 0 Å². The number of carbonyl (C=O) groups is 1. The van der Waals surface area contributed by atoms with E-state index in [4.69, 9.17) is 11.6 Å². The first-order chi connectivity index (χ1) is 7.43. The highest BCUT2D eigenvalue weighted by molar-refractivity contribution is 6.29. The molecule has 16 heavy (non-hydrogen) atoms. The Labute approximate surface area is 101 Å². The third kappa shape index (κ3) is 2.95. The molecule has 0 saturated heterocycles. The van der Waals surface area contributed by atoms with Gasteiger partial charge in [-0.1, -0.05) is 17.7 Å². The molecule has 88 valence electrons. The third-order valence-electron chi connectivity index (χ3n) is 2.28. The molecule has 0 aromatic carbocycles. The summed E-state index contributed by atoms with van der Waals surface area (Å²) in [6.45, 7) is 7.95. The number of rotatable bonds is 3. The van der Waals surface area contributed by atoms with Gasteiger partial charge in [0.15, 0.2) is 0 Å². The van der Waals surface area contributed by atoms with Crippen molar-refractivity contribution >= 4 is 17.5 Å². The first kappa shape index (κ1) is 13.0. The first-order valence-electron chi connectivity index (χ1n) is 5.38. The zero-order valence-corrected chi connectivity index (χ0v) is 10.8. The third-order valence-corrected chi connectivity index (χ3v) is 2.49. The quantitative estimate of drug-likeness (QED) is 0.761. The molecule has 0 fully saturated rings. The van der Waals surface area contributed by atoms with Gasteiger partial charge in [0.2, 0.25) is 0 Å². The zero-order chi connectivity index (χ0) is 12.3. The molecule has 1 amide bonds. The number of nitrogens with zero attached hydrogens (tertiary/aromatic N) is 2. The molecular weight excluding hydrogens is 224 g/mol. The second-order valence-corrected chi connectivity index (χ2v) is 4.63. The molecule has 0 atom stereocenters. The fourth-order valence-electron chi connectivity index (χ4n) is 1.72. The van der Waals surface area contributed by atoms with Gasteiger partial charge in [-0.2, -0.15) is 0 Å². The molecule has 1 heterocycles. The summed E-state index contributed by atoms with van der Waals surface area (Å²) in [5.41, 5.74) is 0.398. The van der Waals surface area contributed by atoms with Crippen LogP contribution in [0.15, 0.2) is 18.2 Å². The van der Waals surface area contributed by atoms with Crippen LogP contribution in [0.25, 0.3) is 0 Å². The summed E-state index contributed by atoms with van der Waals surface area (Å²) in [6, 6.07) is 5.38. The molecule has 4 heteroatoms. The molecule has 0 spiro atoms. The van der Waals surface area contributed by atoms with Gasteiger partial charge in [-0.3, -0.25) is 4.79 Å². The molecule has 0 aliphatic rings. The number of carbonyl (C=O) groups excluding carboxylic acids is 1. The predicted octanol–water partition coefficient (Wildman–Crippen LogP) is 2.99. The summed E-state index contributed by atoms with van der Waals surface area (Å²) in [4.78, 5) is 18.0. The topological polar surface area (TPSA) is 33.2 Å². The van der Waals surface area contributed by atoms with E-state index in [1.54, 1.807) is 23.1 Å². The largest absolute Gasteiger partial charge is 0.332 e. The number of pyridine rings is 1. The Balaban J connectivity index is 2.99. The number of hydrogen-bond acceptors (Lipinski definition) is 2. The van der Waals surface area contributed by atoms with Gasteiger partial charge in [0.05, 0.1) is 0 Å². The fraction of sp³-hybridized carbons (Fsp3) is 0.500. The lowest BCUT2D eigenvalue weighted by atomic mass is 10.2. The second-order valence-electron chi connectivity index (χ2n) is 4.25. The van der Waals surface area contributed by atoms with Crippen molar-refractivity contribution in [2.75, 3.05) is 0 Å². The molecule has 0 radical (unpaired) electrons. The maximum Gasteiger partial charge on any atom is 0.272 e. The average molecular weight is 241 g/mol. The van der Waals surface area contributed by atoms with Gasteiger partial charge in [-0.05, 0) is 39.8 Å². The second kappa shape index (κ2) is 5.30. The fourth-order valence-corrected chi connectivity index (χ4v) is 1.89. The van der Waals surface area contributed by atoms with Crippen LogP contribution in [0.2, 0.25) is 5.15 Å². The van der Waals surface area contributed by atoms with Crippen molar-refractivity contribution < 1.29 is 4.79 Å². The molecule has 0 saturated carbocycles. The first-order valence-corrected chi connectivity index (χ1v) is 5.76. The van der Waals surface area contributed by atoms with Gasteiger partial charge < -0.3 is 4.90 Å². The van der Waals surface area contributed by atoms with Crippen LogP contribution >= 0.6 is 11.6 Å². The zero-order valence-electron chi connectivity index (χ0n) is 10.1. The smallest absolute Gasteiger partial charge is 0.272 e. The van der Waals surface area contributed by atoms with Crippen LogP contribution in [0.3, 0.4) is 0 Å². The van der Waals surface area contributed by atoms with E-state index in [9.17, 15) is 4.79 Å². The van der Waals surface area contributed by atoms with E-state index in [0.29, 0.717) is 10.8 Å². The van der Waals surface area contributed by atoms with Crippen LogP contribution in [0, 0.1) is 0 Å². The van der Waals surface area contributed by atoms with Gasteiger partial charge >= 0.3 is 0 Å². The molecule has 0 bridgehead atoms. The Kier molecular flexibility index (Phi) is 4.30. The monoisotopic (exact) mass is 240 g/mol. The molecule has 1 aromatic rings. The number of halogens is 1. The normalized spacial score (nSPS) is 10.9. The maximum absolute atomic E-state index is 12.2. The van der Waals surface area contributed by atoms with Gasteiger partial charge in [-0.15, -0.1) is 0 Å². The van der Waals surface area contributed by atoms with Crippen LogP contribution in [0.4, 0.5) is 0 Å². The highest BCUT2D eigenvalue weighted by Gasteiger charge is 2.22. The van der Waals surface area contributed by atoms with Gasteiger partial charge in [0, 0.05) is 12.1 Å². The predicted molar refractivity (Wildman–Crippen MR) is 65.7 cm³/mol. The molecule has 1 aromatic heterocycles. The standard InChI is InChI=1S/C12H17ClN2O/c1-8(2)15(9(3)4)12(16)10-6-5-7-11(13)14-10/h5-9H,1-4H3. The molecule has 0 unspecified atom stereocenters. The number of amides is 1. The van der Waals surface area contributed by atoms with E-state index >= 15 is 0 Å². The van der Waals surface area contributed by atoms with E-state index in [1.807, 2.05) is 27.7 Å². The summed E-state index contributed by atoms with van der Waals surface area (Å²) >= 11 is 5.77. The lowest BCUT2D eigenvalue weighted by Gasteiger charge is -2.30. The van der Waals surface area contributed by atoms with Gasteiger partial charge in [-0.25, -0.2) is 4.98 Å². The lowest BCUT2D eigenvalue weighted by molar-refractivity contribution is 0.0637. The average Bonchev–Trinajstić information content (AvgIpc) is 2.16. The molecular formula is C12H17ClN2O. The Morgan fingerprint density at radius 1 is 1.25 bits per heavy atom. The lowest BCUT2D eigenvalue weighted by Crippen LogP contribution is -2.42.